The van der Waals surface area contributed by atoms with Gasteiger partial charge in [-0.25, -0.2) is 8.42 Å². The van der Waals surface area contributed by atoms with Crippen LogP contribution in [0.25, 0.3) is 0 Å². The number of carbonyl (C=O) groups is 1. The maximum atomic E-state index is 13.1. The summed E-state index contributed by atoms with van der Waals surface area (Å²) in [7, 11) is -3.68. The number of nitrogens with zero attached hydrogens (tertiary/aromatic N) is 3. The van der Waals surface area contributed by atoms with Crippen molar-refractivity contribution in [2.24, 2.45) is 0 Å². The minimum Gasteiger partial charge on any atom is -0.360 e. The van der Waals surface area contributed by atoms with Gasteiger partial charge in [0.2, 0.25) is 15.9 Å². The number of carbonyl (C=O) groups excluding carboxylic acids is 1. The van der Waals surface area contributed by atoms with Crippen LogP contribution in [0.5, 0.6) is 0 Å². The molecule has 1 aliphatic rings. The Morgan fingerprint density at radius 3 is 2.74 bits per heavy atom. The number of anilines is 1. The van der Waals surface area contributed by atoms with Crippen LogP contribution in [0.2, 0.25) is 0 Å². The van der Waals surface area contributed by atoms with Gasteiger partial charge in [0.05, 0.1) is 12.2 Å². The van der Waals surface area contributed by atoms with Crippen LogP contribution >= 0.6 is 11.8 Å². The molecular formula is C21H28N4O4S2. The van der Waals surface area contributed by atoms with Crippen molar-refractivity contribution in [3.8, 4) is 0 Å². The summed E-state index contributed by atoms with van der Waals surface area (Å²) in [6.07, 6.45) is 2.46. The third kappa shape index (κ3) is 5.76. The van der Waals surface area contributed by atoms with Gasteiger partial charge in [-0.15, -0.1) is 18.3 Å². The van der Waals surface area contributed by atoms with Crippen molar-refractivity contribution >= 4 is 33.4 Å². The van der Waals surface area contributed by atoms with E-state index < -0.39 is 10.0 Å². The molecule has 1 aromatic heterocycles. The Bertz CT molecular complexity index is 1020. The molecule has 1 amide bonds. The van der Waals surface area contributed by atoms with E-state index in [2.05, 4.69) is 17.1 Å². The van der Waals surface area contributed by atoms with Gasteiger partial charge >= 0.3 is 0 Å². The molecule has 8 nitrogen and oxygen atoms in total. The molecule has 0 bridgehead atoms. The van der Waals surface area contributed by atoms with E-state index in [-0.39, 0.29) is 17.3 Å². The Hall–Kier alpha value is -2.14. The number of hydrogen-bond donors (Lipinski definition) is 1. The highest BCUT2D eigenvalue weighted by Gasteiger charge is 2.32. The zero-order valence-electron chi connectivity index (χ0n) is 17.8. The molecule has 0 aliphatic carbocycles. The van der Waals surface area contributed by atoms with Gasteiger partial charge in [0, 0.05) is 30.3 Å². The third-order valence-corrected chi connectivity index (χ3v) is 8.21. The van der Waals surface area contributed by atoms with Crippen LogP contribution < -0.4 is 5.32 Å². The number of aryl methyl sites for hydroxylation is 2. The molecule has 168 valence electrons. The van der Waals surface area contributed by atoms with E-state index in [9.17, 15) is 13.2 Å². The molecule has 2 heterocycles. The molecule has 0 radical (unpaired) electrons. The smallest absolute Gasteiger partial charge is 0.248 e. The van der Waals surface area contributed by atoms with Gasteiger partial charge in [0.1, 0.15) is 10.6 Å². The van der Waals surface area contributed by atoms with Crippen LogP contribution in [0.15, 0.2) is 51.2 Å². The largest absolute Gasteiger partial charge is 0.360 e. The lowest BCUT2D eigenvalue weighted by Gasteiger charge is -2.21. The summed E-state index contributed by atoms with van der Waals surface area (Å²) in [5.74, 6) is 0.939. The minimum absolute atomic E-state index is 0.117. The van der Waals surface area contributed by atoms with Crippen LogP contribution in [-0.2, 0) is 14.8 Å². The van der Waals surface area contributed by atoms with Gasteiger partial charge in [-0.1, -0.05) is 23.4 Å². The van der Waals surface area contributed by atoms with E-state index in [0.29, 0.717) is 44.1 Å². The number of rotatable bonds is 8. The topological polar surface area (TPSA) is 95.8 Å². The Kier molecular flexibility index (Phi) is 7.93. The van der Waals surface area contributed by atoms with Crippen molar-refractivity contribution in [3.05, 3.63) is 48.4 Å². The maximum absolute atomic E-state index is 13.1. The summed E-state index contributed by atoms with van der Waals surface area (Å²) < 4.78 is 32.6. The molecule has 0 saturated carbocycles. The van der Waals surface area contributed by atoms with E-state index in [1.807, 2.05) is 35.2 Å². The molecule has 2 aromatic rings. The third-order valence-electron chi connectivity index (χ3n) is 5.00. The lowest BCUT2D eigenvalue weighted by molar-refractivity contribution is -0.117. The fourth-order valence-electron chi connectivity index (χ4n) is 3.55. The van der Waals surface area contributed by atoms with Gasteiger partial charge in [0.25, 0.3) is 0 Å². The molecule has 1 fully saturated rings. The fourth-order valence-corrected chi connectivity index (χ4v) is 6.06. The molecule has 1 aromatic carbocycles. The second-order valence-corrected chi connectivity index (χ2v) is 10.3. The Morgan fingerprint density at radius 2 is 2.03 bits per heavy atom. The van der Waals surface area contributed by atoms with E-state index in [1.165, 1.54) is 4.31 Å². The van der Waals surface area contributed by atoms with Crippen LogP contribution in [0.4, 0.5) is 5.69 Å². The van der Waals surface area contributed by atoms with Crippen molar-refractivity contribution in [2.45, 2.75) is 30.1 Å². The van der Waals surface area contributed by atoms with Gasteiger partial charge in [-0.2, -0.15) is 4.31 Å². The predicted molar refractivity (Wildman–Crippen MR) is 122 cm³/mol. The quantitative estimate of drug-likeness (QED) is 0.474. The van der Waals surface area contributed by atoms with Crippen molar-refractivity contribution < 1.29 is 17.7 Å². The summed E-state index contributed by atoms with van der Waals surface area (Å²) in [5, 5.41) is 6.75. The second kappa shape index (κ2) is 10.4. The maximum Gasteiger partial charge on any atom is 0.248 e. The van der Waals surface area contributed by atoms with Gasteiger partial charge < -0.3 is 9.84 Å². The number of aromatic nitrogens is 1. The first-order valence-corrected chi connectivity index (χ1v) is 12.5. The summed E-state index contributed by atoms with van der Waals surface area (Å²) in [5.41, 5.74) is 1.14. The van der Waals surface area contributed by atoms with Crippen LogP contribution in [0, 0.1) is 13.8 Å². The first-order chi connectivity index (χ1) is 14.8. The summed E-state index contributed by atoms with van der Waals surface area (Å²) in [6, 6.07) is 7.66. The summed E-state index contributed by atoms with van der Waals surface area (Å²) in [6.45, 7) is 9.00. The van der Waals surface area contributed by atoms with E-state index >= 15 is 0 Å². The molecule has 10 heteroatoms. The molecule has 1 N–H and O–H groups in total. The number of nitrogens with one attached hydrogen (secondary N) is 1. The zero-order valence-corrected chi connectivity index (χ0v) is 19.5. The Labute approximate surface area is 187 Å². The van der Waals surface area contributed by atoms with Crippen LogP contribution in [0.3, 0.4) is 0 Å². The summed E-state index contributed by atoms with van der Waals surface area (Å²) in [4.78, 5) is 15.8. The van der Waals surface area contributed by atoms with Gasteiger partial charge in [-0.05, 0) is 38.9 Å². The SMILES string of the molecule is C=CCSc1ccccc1NC(=O)CN1CCCN(S(=O)(=O)c2c(C)noc2C)CC1. The number of benzene rings is 1. The highest BCUT2D eigenvalue weighted by molar-refractivity contribution is 7.99. The molecular weight excluding hydrogens is 436 g/mol. The number of thioether (sulfide) groups is 1. The first-order valence-electron chi connectivity index (χ1n) is 10.1. The highest BCUT2D eigenvalue weighted by atomic mass is 32.2. The number of sulfonamides is 1. The molecule has 1 aliphatic heterocycles. The van der Waals surface area contributed by atoms with E-state index in [1.54, 1.807) is 25.6 Å². The fraction of sp³-hybridized carbons (Fsp3) is 0.429. The number of para-hydroxylation sites is 1. The Morgan fingerprint density at radius 1 is 1.26 bits per heavy atom. The molecule has 0 atom stereocenters. The minimum atomic E-state index is -3.68. The van der Waals surface area contributed by atoms with Crippen LogP contribution in [-0.4, -0.2) is 67.2 Å². The standard InChI is InChI=1S/C21H28N4O4S2/c1-4-14-30-19-9-6-5-8-18(19)22-20(26)15-24-10-7-11-25(13-12-24)31(27,28)21-16(2)23-29-17(21)3/h4-6,8-9H,1,7,10-15H2,2-3H3,(H,22,26). The normalized spacial score (nSPS) is 16.1. The number of amides is 1. The van der Waals surface area contributed by atoms with Crippen molar-refractivity contribution in [3.63, 3.8) is 0 Å². The molecule has 0 unspecified atom stereocenters. The monoisotopic (exact) mass is 464 g/mol. The second-order valence-electron chi connectivity index (χ2n) is 7.33. The van der Waals surface area contributed by atoms with E-state index in [0.717, 1.165) is 16.3 Å². The van der Waals surface area contributed by atoms with Crippen LogP contribution in [0.1, 0.15) is 17.9 Å². The first kappa shape index (κ1) is 23.5. The lowest BCUT2D eigenvalue weighted by atomic mass is 10.3. The average Bonchev–Trinajstić information content (AvgIpc) is 2.92. The molecule has 3 rings (SSSR count). The lowest BCUT2D eigenvalue weighted by Crippen LogP contribution is -2.38. The zero-order chi connectivity index (χ0) is 22.4. The highest BCUT2D eigenvalue weighted by Crippen LogP contribution is 2.27. The van der Waals surface area contributed by atoms with Crippen molar-refractivity contribution in [1.82, 2.24) is 14.4 Å². The van der Waals surface area contributed by atoms with Gasteiger partial charge in [0.15, 0.2) is 5.76 Å². The van der Waals surface area contributed by atoms with E-state index in [4.69, 9.17) is 4.52 Å². The summed E-state index contributed by atoms with van der Waals surface area (Å²) >= 11 is 1.61. The predicted octanol–water partition coefficient (Wildman–Crippen LogP) is 2.90. The average molecular weight is 465 g/mol. The molecule has 31 heavy (non-hydrogen) atoms. The van der Waals surface area contributed by atoms with Gasteiger partial charge in [-0.3, -0.25) is 9.69 Å². The Balaban J connectivity index is 1.60. The van der Waals surface area contributed by atoms with Crippen molar-refractivity contribution in [1.29, 1.82) is 0 Å². The molecule has 1 saturated heterocycles. The molecule has 0 spiro atoms. The number of hydrogen-bond acceptors (Lipinski definition) is 7. The van der Waals surface area contributed by atoms with Crippen molar-refractivity contribution in [2.75, 3.05) is 43.8 Å².